The average Bonchev–Trinajstić information content (AvgIpc) is 3.01. The van der Waals surface area contributed by atoms with Crippen LogP contribution in [-0.2, 0) is 17.6 Å². The van der Waals surface area contributed by atoms with Gasteiger partial charge in [-0.2, -0.15) is 4.98 Å². The number of carbonyl (C=O) groups excluding carboxylic acids is 1. The number of hydrogen-bond donors (Lipinski definition) is 1. The summed E-state index contributed by atoms with van der Waals surface area (Å²) in [6, 6.07) is 8.52. The third kappa shape index (κ3) is 4.33. The van der Waals surface area contributed by atoms with E-state index in [2.05, 4.69) is 44.6 Å². The van der Waals surface area contributed by atoms with Crippen molar-refractivity contribution in [1.29, 1.82) is 0 Å². The van der Waals surface area contributed by atoms with Gasteiger partial charge in [-0.05, 0) is 50.2 Å². The van der Waals surface area contributed by atoms with E-state index < -0.39 is 0 Å². The summed E-state index contributed by atoms with van der Waals surface area (Å²) in [5, 5.41) is 8.26. The first-order chi connectivity index (χ1) is 15.7. The first kappa shape index (κ1) is 20.9. The highest BCUT2D eigenvalue weighted by molar-refractivity contribution is 5.88. The summed E-state index contributed by atoms with van der Waals surface area (Å²) in [6.45, 7) is 3.90. The van der Waals surface area contributed by atoms with E-state index in [0.29, 0.717) is 24.4 Å². The number of carbonyl (C=O) groups is 1. The molecule has 1 amide bonds. The van der Waals surface area contributed by atoms with E-state index in [1.54, 1.807) is 0 Å². The number of nitrogens with zero attached hydrogens (tertiary/aromatic N) is 4. The zero-order valence-electron chi connectivity index (χ0n) is 18.8. The van der Waals surface area contributed by atoms with Gasteiger partial charge in [0.15, 0.2) is 0 Å². The molecule has 1 aliphatic heterocycles. The van der Waals surface area contributed by atoms with Crippen LogP contribution in [0.4, 0.5) is 5.82 Å². The molecule has 2 aromatic heterocycles. The molecule has 0 saturated carbocycles. The number of anilines is 1. The van der Waals surface area contributed by atoms with Crippen molar-refractivity contribution in [3.05, 3.63) is 46.9 Å². The number of hydrogen-bond acceptors (Lipinski definition) is 6. The van der Waals surface area contributed by atoms with Gasteiger partial charge in [0.05, 0.1) is 11.7 Å². The molecule has 7 heteroatoms. The van der Waals surface area contributed by atoms with Crippen LogP contribution in [0.1, 0.15) is 73.6 Å². The Balaban J connectivity index is 1.31. The summed E-state index contributed by atoms with van der Waals surface area (Å²) in [5.41, 5.74) is 3.94. The maximum atomic E-state index is 12.8. The van der Waals surface area contributed by atoms with E-state index in [-0.39, 0.29) is 11.9 Å². The van der Waals surface area contributed by atoms with E-state index in [9.17, 15) is 4.79 Å². The average molecular weight is 434 g/mol. The molecule has 1 saturated heterocycles. The highest BCUT2D eigenvalue weighted by Crippen LogP contribution is 2.30. The van der Waals surface area contributed by atoms with Gasteiger partial charge in [-0.25, -0.2) is 4.98 Å². The van der Waals surface area contributed by atoms with Crippen LogP contribution in [0.3, 0.4) is 0 Å². The Kier molecular flexibility index (Phi) is 6.06. The SMILES string of the molecule is Cc1noc2nc(CCC(=O)N[C@@H]3CCCc4ccccc43)nc(N3CCCCCC3)c12. The Morgan fingerprint density at radius 3 is 2.78 bits per heavy atom. The van der Waals surface area contributed by atoms with Crippen LogP contribution >= 0.6 is 0 Å². The lowest BCUT2D eigenvalue weighted by molar-refractivity contribution is -0.121. The monoisotopic (exact) mass is 433 g/mol. The highest BCUT2D eigenvalue weighted by Gasteiger charge is 2.23. The van der Waals surface area contributed by atoms with Crippen molar-refractivity contribution < 1.29 is 9.32 Å². The van der Waals surface area contributed by atoms with Gasteiger partial charge in [-0.1, -0.05) is 42.3 Å². The van der Waals surface area contributed by atoms with Crippen LogP contribution in [0.5, 0.6) is 0 Å². The van der Waals surface area contributed by atoms with Crippen molar-refractivity contribution in [2.24, 2.45) is 0 Å². The summed E-state index contributed by atoms with van der Waals surface area (Å²) in [7, 11) is 0. The molecule has 168 valence electrons. The van der Waals surface area contributed by atoms with E-state index in [4.69, 9.17) is 9.51 Å². The van der Waals surface area contributed by atoms with Crippen molar-refractivity contribution in [2.75, 3.05) is 18.0 Å². The molecule has 1 aliphatic carbocycles. The van der Waals surface area contributed by atoms with E-state index >= 15 is 0 Å². The molecule has 1 aromatic carbocycles. The van der Waals surface area contributed by atoms with Gasteiger partial charge < -0.3 is 14.7 Å². The predicted molar refractivity (Wildman–Crippen MR) is 124 cm³/mol. The van der Waals surface area contributed by atoms with Gasteiger partial charge in [0.25, 0.3) is 5.71 Å². The molecular weight excluding hydrogens is 402 g/mol. The molecule has 7 nitrogen and oxygen atoms in total. The lowest BCUT2D eigenvalue weighted by Gasteiger charge is -2.26. The first-order valence-corrected chi connectivity index (χ1v) is 11.9. The fraction of sp³-hybridized carbons (Fsp3) is 0.520. The standard InChI is InChI=1S/C25H31N5O2/c1-17-23-24(30-15-6-2-3-7-16-30)27-21(28-25(23)32-29-17)13-14-22(31)26-20-12-8-10-18-9-4-5-11-19(18)20/h4-5,9,11,20H,2-3,6-8,10,12-16H2,1H3,(H,26,31)/t20-/m1/s1. The van der Waals surface area contributed by atoms with Gasteiger partial charge in [0.1, 0.15) is 17.0 Å². The van der Waals surface area contributed by atoms with Crippen LogP contribution in [0, 0.1) is 6.92 Å². The Bertz CT molecular complexity index is 1100. The Labute approximate surface area is 188 Å². The van der Waals surface area contributed by atoms with Crippen LogP contribution in [0.15, 0.2) is 28.8 Å². The van der Waals surface area contributed by atoms with E-state index in [0.717, 1.165) is 62.1 Å². The van der Waals surface area contributed by atoms with Crippen molar-refractivity contribution in [1.82, 2.24) is 20.4 Å². The first-order valence-electron chi connectivity index (χ1n) is 11.9. The summed E-state index contributed by atoms with van der Waals surface area (Å²) < 4.78 is 5.49. The Morgan fingerprint density at radius 2 is 1.94 bits per heavy atom. The number of aromatic nitrogens is 3. The molecule has 0 unspecified atom stereocenters. The van der Waals surface area contributed by atoms with Crippen molar-refractivity contribution in [3.63, 3.8) is 0 Å². The summed E-state index contributed by atoms with van der Waals surface area (Å²) in [5.74, 6) is 1.60. The van der Waals surface area contributed by atoms with Crippen molar-refractivity contribution >= 4 is 22.8 Å². The Morgan fingerprint density at radius 1 is 1.12 bits per heavy atom. The topological polar surface area (TPSA) is 84.1 Å². The normalized spacial score (nSPS) is 18.9. The van der Waals surface area contributed by atoms with Crippen LogP contribution in [-0.4, -0.2) is 34.1 Å². The summed E-state index contributed by atoms with van der Waals surface area (Å²) in [4.78, 5) is 24.6. The number of amides is 1. The van der Waals surface area contributed by atoms with Gasteiger partial charge in [0, 0.05) is 25.9 Å². The zero-order chi connectivity index (χ0) is 21.9. The summed E-state index contributed by atoms with van der Waals surface area (Å²) >= 11 is 0. The summed E-state index contributed by atoms with van der Waals surface area (Å²) in [6.07, 6.45) is 8.86. The second-order valence-corrected chi connectivity index (χ2v) is 9.02. The second kappa shape index (κ2) is 9.27. The number of benzene rings is 1. The predicted octanol–water partition coefficient (Wildman–Crippen LogP) is 4.43. The zero-order valence-corrected chi connectivity index (χ0v) is 18.8. The molecule has 1 N–H and O–H groups in total. The van der Waals surface area contributed by atoms with Crippen LogP contribution < -0.4 is 10.2 Å². The van der Waals surface area contributed by atoms with Gasteiger partial charge in [-0.15, -0.1) is 0 Å². The minimum atomic E-state index is 0.0421. The Hall–Kier alpha value is -2.96. The number of fused-ring (bicyclic) bond motifs is 2. The molecule has 0 spiro atoms. The lowest BCUT2D eigenvalue weighted by atomic mass is 9.87. The number of aryl methyl sites for hydroxylation is 3. The smallest absolute Gasteiger partial charge is 0.263 e. The molecule has 5 rings (SSSR count). The highest BCUT2D eigenvalue weighted by atomic mass is 16.5. The number of nitrogens with one attached hydrogen (secondary N) is 1. The fourth-order valence-corrected chi connectivity index (χ4v) is 5.03. The molecule has 32 heavy (non-hydrogen) atoms. The maximum absolute atomic E-state index is 12.8. The molecule has 2 aliphatic rings. The van der Waals surface area contributed by atoms with Crippen LogP contribution in [0.2, 0.25) is 0 Å². The quantitative estimate of drug-likeness (QED) is 0.641. The van der Waals surface area contributed by atoms with Crippen molar-refractivity contribution in [3.8, 4) is 0 Å². The second-order valence-electron chi connectivity index (χ2n) is 9.02. The molecular formula is C25H31N5O2. The third-order valence-electron chi connectivity index (χ3n) is 6.72. The van der Waals surface area contributed by atoms with Crippen LogP contribution in [0.25, 0.3) is 11.1 Å². The number of rotatable bonds is 5. The third-order valence-corrected chi connectivity index (χ3v) is 6.72. The van der Waals surface area contributed by atoms with E-state index in [1.807, 2.05) is 6.92 Å². The molecule has 1 atom stereocenters. The minimum Gasteiger partial charge on any atom is -0.356 e. The molecule has 0 radical (unpaired) electrons. The van der Waals surface area contributed by atoms with Gasteiger partial charge in [0.2, 0.25) is 5.91 Å². The maximum Gasteiger partial charge on any atom is 0.263 e. The minimum absolute atomic E-state index is 0.0421. The van der Waals surface area contributed by atoms with Gasteiger partial charge >= 0.3 is 0 Å². The fourth-order valence-electron chi connectivity index (χ4n) is 5.03. The molecule has 1 fully saturated rings. The largest absolute Gasteiger partial charge is 0.356 e. The molecule has 0 bridgehead atoms. The lowest BCUT2D eigenvalue weighted by Crippen LogP contribution is -2.31. The molecule has 3 aromatic rings. The van der Waals surface area contributed by atoms with Crippen molar-refractivity contribution in [2.45, 2.75) is 70.8 Å². The van der Waals surface area contributed by atoms with Gasteiger partial charge in [-0.3, -0.25) is 4.79 Å². The molecule has 3 heterocycles. The van der Waals surface area contributed by atoms with E-state index in [1.165, 1.54) is 24.0 Å².